The molecule has 0 bridgehead atoms. The van der Waals surface area contributed by atoms with Crippen LogP contribution in [0.3, 0.4) is 0 Å². The number of nitro benzene ring substituents is 1. The molecular weight excluding hydrogens is 222 g/mol. The van der Waals surface area contributed by atoms with Gasteiger partial charge in [-0.25, -0.2) is 0 Å². The van der Waals surface area contributed by atoms with Gasteiger partial charge in [0.25, 0.3) is 0 Å². The van der Waals surface area contributed by atoms with E-state index < -0.39 is 4.92 Å². The second-order valence-corrected chi connectivity index (χ2v) is 4.09. The van der Waals surface area contributed by atoms with Gasteiger partial charge >= 0.3 is 5.69 Å². The van der Waals surface area contributed by atoms with E-state index in [2.05, 4.69) is 0 Å². The largest absolute Gasteiger partial charge is 0.393 e. The number of nitro groups is 1. The molecule has 1 fully saturated rings. The topological polar surface area (TPSA) is 81.6 Å². The van der Waals surface area contributed by atoms with E-state index in [-0.39, 0.29) is 17.4 Å². The number of hydrogen-bond acceptors (Lipinski definition) is 5. The summed E-state index contributed by atoms with van der Waals surface area (Å²) in [5, 5.41) is 11.1. The lowest BCUT2D eigenvalue weighted by Crippen LogP contribution is -2.44. The highest BCUT2D eigenvalue weighted by molar-refractivity contribution is 5.75. The van der Waals surface area contributed by atoms with Crippen molar-refractivity contribution in [2.75, 3.05) is 30.4 Å². The number of nitrogens with zero attached hydrogens (tertiary/aromatic N) is 2. The number of benzene rings is 1. The summed E-state index contributed by atoms with van der Waals surface area (Å²) in [5.74, 6) is 0. The molecule has 92 valence electrons. The monoisotopic (exact) mass is 237 g/mol. The van der Waals surface area contributed by atoms with Gasteiger partial charge in [0.05, 0.1) is 18.1 Å². The maximum absolute atomic E-state index is 11.1. The van der Waals surface area contributed by atoms with E-state index in [1.807, 2.05) is 11.8 Å². The third kappa shape index (κ3) is 2.16. The molecule has 1 aromatic carbocycles. The molecule has 2 N–H and O–H groups in total. The number of para-hydroxylation sites is 1. The minimum Gasteiger partial charge on any atom is -0.393 e. The summed E-state index contributed by atoms with van der Waals surface area (Å²) in [4.78, 5) is 12.6. The number of ether oxygens (including phenoxy) is 1. The van der Waals surface area contributed by atoms with Gasteiger partial charge in [-0.3, -0.25) is 10.1 Å². The first-order chi connectivity index (χ1) is 8.11. The van der Waals surface area contributed by atoms with Crippen LogP contribution in [0.25, 0.3) is 0 Å². The van der Waals surface area contributed by atoms with Crippen molar-refractivity contribution in [2.24, 2.45) is 0 Å². The zero-order chi connectivity index (χ0) is 12.4. The van der Waals surface area contributed by atoms with Crippen LogP contribution in [0.1, 0.15) is 6.92 Å². The first-order valence-electron chi connectivity index (χ1n) is 5.48. The van der Waals surface area contributed by atoms with E-state index >= 15 is 0 Å². The molecule has 0 aromatic heterocycles. The minimum absolute atomic E-state index is 0.0127. The number of hydrogen-bond donors (Lipinski definition) is 1. The Hall–Kier alpha value is -1.82. The average molecular weight is 237 g/mol. The third-order valence-electron chi connectivity index (χ3n) is 2.91. The molecule has 0 spiro atoms. The second kappa shape index (κ2) is 4.58. The highest BCUT2D eigenvalue weighted by Gasteiger charge is 2.27. The molecule has 0 aliphatic carbocycles. The maximum Gasteiger partial charge on any atom is 0.315 e. The fourth-order valence-electron chi connectivity index (χ4n) is 2.06. The Bertz CT molecular complexity index is 436. The second-order valence-electron chi connectivity index (χ2n) is 4.09. The lowest BCUT2D eigenvalue weighted by atomic mass is 10.1. The molecule has 0 amide bonds. The zero-order valence-corrected chi connectivity index (χ0v) is 9.63. The molecule has 6 nitrogen and oxygen atoms in total. The van der Waals surface area contributed by atoms with Crippen LogP contribution in [-0.4, -0.2) is 30.7 Å². The van der Waals surface area contributed by atoms with Crippen molar-refractivity contribution >= 4 is 17.1 Å². The van der Waals surface area contributed by atoms with Crippen LogP contribution in [0.15, 0.2) is 18.2 Å². The summed E-state index contributed by atoms with van der Waals surface area (Å²) >= 11 is 0. The number of rotatable bonds is 2. The first-order valence-corrected chi connectivity index (χ1v) is 5.48. The van der Waals surface area contributed by atoms with Gasteiger partial charge in [0, 0.05) is 12.6 Å². The molecule has 1 aromatic rings. The SMILES string of the molecule is C[C@H]1COCCN1c1cccc(N)c1[N+](=O)[O-]. The van der Waals surface area contributed by atoms with Crippen molar-refractivity contribution in [1.82, 2.24) is 0 Å². The summed E-state index contributed by atoms with van der Waals surface area (Å²) in [6.07, 6.45) is 0. The van der Waals surface area contributed by atoms with Gasteiger partial charge in [0.15, 0.2) is 0 Å². The van der Waals surface area contributed by atoms with Crippen LogP contribution in [0.2, 0.25) is 0 Å². The van der Waals surface area contributed by atoms with Gasteiger partial charge in [-0.1, -0.05) is 6.07 Å². The molecule has 2 rings (SSSR count). The average Bonchev–Trinajstić information content (AvgIpc) is 2.28. The third-order valence-corrected chi connectivity index (χ3v) is 2.91. The predicted octanol–water partition coefficient (Wildman–Crippen LogP) is 1.40. The molecular formula is C11H15N3O3. The van der Waals surface area contributed by atoms with E-state index in [4.69, 9.17) is 10.5 Å². The number of anilines is 2. The van der Waals surface area contributed by atoms with Crippen molar-refractivity contribution in [3.8, 4) is 0 Å². The van der Waals surface area contributed by atoms with Crippen molar-refractivity contribution in [3.05, 3.63) is 28.3 Å². The Balaban J connectivity index is 2.43. The maximum atomic E-state index is 11.1. The van der Waals surface area contributed by atoms with Gasteiger partial charge in [-0.2, -0.15) is 0 Å². The Morgan fingerprint density at radius 1 is 1.59 bits per heavy atom. The van der Waals surface area contributed by atoms with Crippen molar-refractivity contribution < 1.29 is 9.66 Å². The number of nitrogens with two attached hydrogens (primary N) is 1. The summed E-state index contributed by atoms with van der Waals surface area (Å²) in [5.41, 5.74) is 6.44. The van der Waals surface area contributed by atoms with E-state index in [0.717, 1.165) is 0 Å². The molecule has 1 saturated heterocycles. The number of nitrogen functional groups attached to an aromatic ring is 1. The van der Waals surface area contributed by atoms with E-state index in [1.165, 1.54) is 0 Å². The predicted molar refractivity (Wildman–Crippen MR) is 65.1 cm³/mol. The zero-order valence-electron chi connectivity index (χ0n) is 9.63. The molecule has 0 unspecified atom stereocenters. The summed E-state index contributed by atoms with van der Waals surface area (Å²) in [7, 11) is 0. The first kappa shape index (κ1) is 11.7. The van der Waals surface area contributed by atoms with Crippen LogP contribution in [0.5, 0.6) is 0 Å². The smallest absolute Gasteiger partial charge is 0.315 e. The molecule has 1 aliphatic heterocycles. The summed E-state index contributed by atoms with van der Waals surface area (Å²) in [6, 6.07) is 5.13. The molecule has 0 saturated carbocycles. The minimum atomic E-state index is -0.424. The Kier molecular flexibility index (Phi) is 3.14. The van der Waals surface area contributed by atoms with E-state index in [0.29, 0.717) is 25.4 Å². The fraction of sp³-hybridized carbons (Fsp3) is 0.455. The quantitative estimate of drug-likeness (QED) is 0.477. The molecule has 1 atom stereocenters. The molecule has 1 heterocycles. The van der Waals surface area contributed by atoms with E-state index in [1.54, 1.807) is 18.2 Å². The van der Waals surface area contributed by atoms with Gasteiger partial charge in [0.1, 0.15) is 11.4 Å². The van der Waals surface area contributed by atoms with Crippen LogP contribution < -0.4 is 10.6 Å². The van der Waals surface area contributed by atoms with Crippen LogP contribution >= 0.6 is 0 Å². The number of morpholine rings is 1. The normalized spacial score (nSPS) is 20.3. The highest BCUT2D eigenvalue weighted by atomic mass is 16.6. The molecule has 0 radical (unpaired) electrons. The Labute approximate surface area is 99.1 Å². The van der Waals surface area contributed by atoms with Gasteiger partial charge in [-0.15, -0.1) is 0 Å². The van der Waals surface area contributed by atoms with Crippen molar-refractivity contribution in [1.29, 1.82) is 0 Å². The van der Waals surface area contributed by atoms with Crippen molar-refractivity contribution in [3.63, 3.8) is 0 Å². The summed E-state index contributed by atoms with van der Waals surface area (Å²) in [6.45, 7) is 3.78. The van der Waals surface area contributed by atoms with Crippen molar-refractivity contribution in [2.45, 2.75) is 13.0 Å². The van der Waals surface area contributed by atoms with Gasteiger partial charge in [0.2, 0.25) is 0 Å². The molecule has 6 heteroatoms. The fourth-order valence-corrected chi connectivity index (χ4v) is 2.06. The molecule has 17 heavy (non-hydrogen) atoms. The lowest BCUT2D eigenvalue weighted by molar-refractivity contribution is -0.383. The van der Waals surface area contributed by atoms with Gasteiger partial charge < -0.3 is 15.4 Å². The highest BCUT2D eigenvalue weighted by Crippen LogP contribution is 2.35. The lowest BCUT2D eigenvalue weighted by Gasteiger charge is -2.34. The van der Waals surface area contributed by atoms with E-state index in [9.17, 15) is 10.1 Å². The van der Waals surface area contributed by atoms with Crippen LogP contribution in [-0.2, 0) is 4.74 Å². The molecule has 1 aliphatic rings. The summed E-state index contributed by atoms with van der Waals surface area (Å²) < 4.78 is 5.32. The standard InChI is InChI=1S/C11H15N3O3/c1-8-7-17-6-5-13(8)10-4-2-3-9(12)11(10)14(15)16/h2-4,8H,5-7,12H2,1H3/t8-/m0/s1. The van der Waals surface area contributed by atoms with Crippen LogP contribution in [0, 0.1) is 10.1 Å². The van der Waals surface area contributed by atoms with Crippen LogP contribution in [0.4, 0.5) is 17.1 Å². The Morgan fingerprint density at radius 2 is 2.35 bits per heavy atom. The Morgan fingerprint density at radius 3 is 3.00 bits per heavy atom. The van der Waals surface area contributed by atoms with Gasteiger partial charge in [-0.05, 0) is 19.1 Å².